The van der Waals surface area contributed by atoms with Gasteiger partial charge in [-0.2, -0.15) is 0 Å². The Morgan fingerprint density at radius 2 is 1.94 bits per heavy atom. The Morgan fingerprint density at radius 3 is 2.62 bits per heavy atom. The Bertz CT molecular complexity index is 299. The Labute approximate surface area is 104 Å². The number of hydrogen-bond acceptors (Lipinski definition) is 2. The molecular weight excluding hydrogens is 214 g/mol. The van der Waals surface area contributed by atoms with Gasteiger partial charge in [-0.1, -0.05) is 50.8 Å². The molecule has 0 bridgehead atoms. The van der Waals surface area contributed by atoms with E-state index in [1.807, 2.05) is 0 Å². The summed E-state index contributed by atoms with van der Waals surface area (Å²) < 4.78 is 0. The smallest absolute Gasteiger partial charge is 0.0305 e. The molecule has 0 radical (unpaired) electrons. The zero-order chi connectivity index (χ0) is 11.8. The molecule has 1 aromatic rings. The van der Waals surface area contributed by atoms with Crippen LogP contribution in [0.15, 0.2) is 29.2 Å². The maximum atomic E-state index is 6.24. The van der Waals surface area contributed by atoms with Crippen LogP contribution in [0.2, 0.25) is 0 Å². The van der Waals surface area contributed by atoms with Crippen molar-refractivity contribution in [3.05, 3.63) is 29.8 Å². The topological polar surface area (TPSA) is 26.0 Å². The van der Waals surface area contributed by atoms with Crippen molar-refractivity contribution in [3.63, 3.8) is 0 Å². The average molecular weight is 237 g/mol. The van der Waals surface area contributed by atoms with Crippen LogP contribution < -0.4 is 5.73 Å². The third kappa shape index (κ3) is 4.18. The number of unbranched alkanes of at least 4 members (excludes halogenated alkanes) is 3. The van der Waals surface area contributed by atoms with E-state index in [1.165, 1.54) is 36.1 Å². The van der Waals surface area contributed by atoms with E-state index < -0.39 is 0 Å². The highest BCUT2D eigenvalue weighted by Crippen LogP contribution is 2.27. The van der Waals surface area contributed by atoms with Gasteiger partial charge in [0.1, 0.15) is 0 Å². The molecule has 16 heavy (non-hydrogen) atoms. The summed E-state index contributed by atoms with van der Waals surface area (Å²) in [5.74, 6) is 0. The van der Waals surface area contributed by atoms with Crippen LogP contribution >= 0.6 is 11.8 Å². The first kappa shape index (κ1) is 13.6. The van der Waals surface area contributed by atoms with E-state index in [9.17, 15) is 0 Å². The molecule has 1 aromatic carbocycles. The van der Waals surface area contributed by atoms with Gasteiger partial charge < -0.3 is 5.73 Å². The van der Waals surface area contributed by atoms with Crippen LogP contribution in [0, 0.1) is 0 Å². The second-order valence-electron chi connectivity index (χ2n) is 4.20. The molecule has 0 heterocycles. The molecule has 0 aliphatic rings. The van der Waals surface area contributed by atoms with Crippen molar-refractivity contribution in [1.29, 1.82) is 0 Å². The van der Waals surface area contributed by atoms with E-state index in [0.717, 1.165) is 6.42 Å². The van der Waals surface area contributed by atoms with Gasteiger partial charge in [0, 0.05) is 10.9 Å². The normalized spacial score (nSPS) is 12.7. The van der Waals surface area contributed by atoms with Gasteiger partial charge in [-0.3, -0.25) is 0 Å². The highest BCUT2D eigenvalue weighted by molar-refractivity contribution is 7.98. The summed E-state index contributed by atoms with van der Waals surface area (Å²) in [4.78, 5) is 1.32. The van der Waals surface area contributed by atoms with Crippen LogP contribution in [0.4, 0.5) is 0 Å². The molecule has 0 aliphatic heterocycles. The SMILES string of the molecule is CCCCCCC(N)c1ccccc1SC. The maximum absolute atomic E-state index is 6.24. The predicted octanol–water partition coefficient (Wildman–Crippen LogP) is 4.38. The second-order valence-corrected chi connectivity index (χ2v) is 5.05. The monoisotopic (exact) mass is 237 g/mol. The Hall–Kier alpha value is -0.470. The number of hydrogen-bond donors (Lipinski definition) is 1. The van der Waals surface area contributed by atoms with Gasteiger partial charge in [-0.15, -0.1) is 11.8 Å². The lowest BCUT2D eigenvalue weighted by atomic mass is 10.0. The van der Waals surface area contributed by atoms with Crippen LogP contribution in [-0.4, -0.2) is 6.26 Å². The highest BCUT2D eigenvalue weighted by Gasteiger charge is 2.09. The van der Waals surface area contributed by atoms with Crippen LogP contribution in [0.1, 0.15) is 50.6 Å². The molecular formula is C14H23NS. The van der Waals surface area contributed by atoms with E-state index in [-0.39, 0.29) is 6.04 Å². The van der Waals surface area contributed by atoms with Gasteiger partial charge in [0.05, 0.1) is 0 Å². The molecule has 2 heteroatoms. The molecule has 0 saturated carbocycles. The van der Waals surface area contributed by atoms with E-state index in [2.05, 4.69) is 37.4 Å². The Kier molecular flexibility index (Phi) is 6.58. The summed E-state index contributed by atoms with van der Waals surface area (Å²) in [5.41, 5.74) is 7.55. The van der Waals surface area contributed by atoms with Crippen LogP contribution in [0.5, 0.6) is 0 Å². The second kappa shape index (κ2) is 7.75. The van der Waals surface area contributed by atoms with Gasteiger partial charge in [0.15, 0.2) is 0 Å². The standard InChI is InChI=1S/C14H23NS/c1-3-4-5-6-10-13(15)12-9-7-8-11-14(12)16-2/h7-9,11,13H,3-6,10,15H2,1-2H3. The molecule has 0 aliphatic carbocycles. The first-order valence-electron chi connectivity index (χ1n) is 6.18. The summed E-state index contributed by atoms with van der Waals surface area (Å²) >= 11 is 1.79. The van der Waals surface area contributed by atoms with Crippen LogP contribution in [0.25, 0.3) is 0 Å². The molecule has 1 atom stereocenters. The zero-order valence-corrected chi connectivity index (χ0v) is 11.2. The fraction of sp³-hybridized carbons (Fsp3) is 0.571. The minimum atomic E-state index is 0.209. The highest BCUT2D eigenvalue weighted by atomic mass is 32.2. The maximum Gasteiger partial charge on any atom is 0.0305 e. The first-order chi connectivity index (χ1) is 7.79. The molecule has 1 unspecified atom stereocenters. The molecule has 0 saturated heterocycles. The van der Waals surface area contributed by atoms with Gasteiger partial charge >= 0.3 is 0 Å². The van der Waals surface area contributed by atoms with Gasteiger partial charge in [-0.05, 0) is 24.3 Å². The third-order valence-electron chi connectivity index (χ3n) is 2.91. The van der Waals surface area contributed by atoms with Crippen molar-refractivity contribution in [3.8, 4) is 0 Å². The van der Waals surface area contributed by atoms with Gasteiger partial charge in [0.25, 0.3) is 0 Å². The van der Waals surface area contributed by atoms with Crippen molar-refractivity contribution in [2.75, 3.05) is 6.26 Å². The molecule has 1 nitrogen and oxygen atoms in total. The summed E-state index contributed by atoms with van der Waals surface area (Å²) in [6.07, 6.45) is 8.40. The molecule has 0 amide bonds. The van der Waals surface area contributed by atoms with Crippen molar-refractivity contribution >= 4 is 11.8 Å². The predicted molar refractivity (Wildman–Crippen MR) is 73.9 cm³/mol. The minimum Gasteiger partial charge on any atom is -0.324 e. The third-order valence-corrected chi connectivity index (χ3v) is 3.72. The molecule has 2 N–H and O–H groups in total. The van der Waals surface area contributed by atoms with Gasteiger partial charge in [0.2, 0.25) is 0 Å². The first-order valence-corrected chi connectivity index (χ1v) is 7.40. The van der Waals surface area contributed by atoms with Crippen molar-refractivity contribution in [2.45, 2.75) is 50.0 Å². The number of thioether (sulfide) groups is 1. The lowest BCUT2D eigenvalue weighted by Crippen LogP contribution is -2.11. The van der Waals surface area contributed by atoms with Gasteiger partial charge in [-0.25, -0.2) is 0 Å². The summed E-state index contributed by atoms with van der Waals surface area (Å²) in [6, 6.07) is 8.70. The fourth-order valence-corrected chi connectivity index (χ4v) is 2.59. The van der Waals surface area contributed by atoms with E-state index >= 15 is 0 Å². The van der Waals surface area contributed by atoms with E-state index in [1.54, 1.807) is 11.8 Å². The zero-order valence-electron chi connectivity index (χ0n) is 10.4. The van der Waals surface area contributed by atoms with E-state index in [0.29, 0.717) is 0 Å². The molecule has 0 fully saturated rings. The molecule has 0 spiro atoms. The lowest BCUT2D eigenvalue weighted by molar-refractivity contribution is 0.561. The Morgan fingerprint density at radius 1 is 1.19 bits per heavy atom. The number of benzene rings is 1. The number of rotatable bonds is 7. The largest absolute Gasteiger partial charge is 0.324 e. The minimum absolute atomic E-state index is 0.209. The Balaban J connectivity index is 2.48. The summed E-state index contributed by atoms with van der Waals surface area (Å²) in [6.45, 7) is 2.24. The number of nitrogens with two attached hydrogens (primary N) is 1. The van der Waals surface area contributed by atoms with Crippen molar-refractivity contribution in [1.82, 2.24) is 0 Å². The van der Waals surface area contributed by atoms with Crippen LogP contribution in [-0.2, 0) is 0 Å². The van der Waals surface area contributed by atoms with E-state index in [4.69, 9.17) is 5.73 Å². The van der Waals surface area contributed by atoms with Crippen molar-refractivity contribution < 1.29 is 0 Å². The summed E-state index contributed by atoms with van der Waals surface area (Å²) in [5, 5.41) is 0. The molecule has 1 rings (SSSR count). The molecule has 0 aromatic heterocycles. The average Bonchev–Trinajstić information content (AvgIpc) is 2.34. The lowest BCUT2D eigenvalue weighted by Gasteiger charge is -2.15. The van der Waals surface area contributed by atoms with Crippen molar-refractivity contribution in [2.24, 2.45) is 5.73 Å². The summed E-state index contributed by atoms with van der Waals surface area (Å²) in [7, 11) is 0. The van der Waals surface area contributed by atoms with Crippen LogP contribution in [0.3, 0.4) is 0 Å². The fourth-order valence-electron chi connectivity index (χ4n) is 1.92. The quantitative estimate of drug-likeness (QED) is 0.562. The molecule has 90 valence electrons.